The molecule has 0 bridgehead atoms. The lowest BCUT2D eigenvalue weighted by atomic mass is 10.0. The van der Waals surface area contributed by atoms with Gasteiger partial charge in [-0.1, -0.05) is 0 Å². The molecule has 0 spiro atoms. The van der Waals surface area contributed by atoms with Gasteiger partial charge in [0.25, 0.3) is 0 Å². The van der Waals surface area contributed by atoms with E-state index in [4.69, 9.17) is 15.2 Å². The molecule has 1 heterocycles. The zero-order valence-corrected chi connectivity index (χ0v) is 9.75. The number of hydrogen-bond donors (Lipinski definition) is 2. The lowest BCUT2D eigenvalue weighted by Crippen LogP contribution is -2.50. The Morgan fingerprint density at radius 1 is 1.67 bits per heavy atom. The highest BCUT2D eigenvalue weighted by molar-refractivity contribution is 5.85. The normalized spacial score (nSPS) is 23.1. The van der Waals surface area contributed by atoms with Gasteiger partial charge in [-0.25, -0.2) is 0 Å². The van der Waals surface area contributed by atoms with Gasteiger partial charge in [0.05, 0.1) is 18.8 Å². The van der Waals surface area contributed by atoms with Crippen molar-refractivity contribution in [3.05, 3.63) is 0 Å². The van der Waals surface area contributed by atoms with Crippen LogP contribution in [0, 0.1) is 0 Å². The molecule has 1 rings (SSSR count). The van der Waals surface area contributed by atoms with Gasteiger partial charge in [0.15, 0.2) is 0 Å². The van der Waals surface area contributed by atoms with Gasteiger partial charge in [-0.3, -0.25) is 4.79 Å². The van der Waals surface area contributed by atoms with E-state index >= 15 is 0 Å². The van der Waals surface area contributed by atoms with Crippen molar-refractivity contribution >= 4 is 18.4 Å². The van der Waals surface area contributed by atoms with Gasteiger partial charge in [0.2, 0.25) is 0 Å². The summed E-state index contributed by atoms with van der Waals surface area (Å²) < 4.78 is 10.1. The second kappa shape index (κ2) is 5.65. The number of carbonyl (C=O) groups is 1. The number of nitrogens with two attached hydrogens (primary N) is 1. The molecule has 3 N–H and O–H groups in total. The smallest absolute Gasteiger partial charge is 0.326 e. The second-order valence-electron chi connectivity index (χ2n) is 4.05. The van der Waals surface area contributed by atoms with E-state index < -0.39 is 17.6 Å². The molecule has 0 aliphatic carbocycles. The summed E-state index contributed by atoms with van der Waals surface area (Å²) in [6.45, 7) is 3.98. The van der Waals surface area contributed by atoms with E-state index in [1.807, 2.05) is 0 Å². The van der Waals surface area contributed by atoms with Crippen molar-refractivity contribution in [1.82, 2.24) is 0 Å². The van der Waals surface area contributed by atoms with Crippen molar-refractivity contribution in [2.24, 2.45) is 5.73 Å². The van der Waals surface area contributed by atoms with E-state index in [1.54, 1.807) is 0 Å². The largest absolute Gasteiger partial charge is 0.459 e. The Hall–Kier alpha value is -0.360. The highest BCUT2D eigenvalue weighted by atomic mass is 35.5. The van der Waals surface area contributed by atoms with Gasteiger partial charge in [-0.05, 0) is 13.8 Å². The van der Waals surface area contributed by atoms with Crippen LogP contribution in [-0.4, -0.2) is 42.0 Å². The van der Waals surface area contributed by atoms with E-state index in [0.29, 0.717) is 19.6 Å². The third-order valence-corrected chi connectivity index (χ3v) is 2.19. The number of aliphatic hydroxyl groups is 1. The Bertz CT molecular complexity index is 211. The average molecular weight is 240 g/mol. The molecular weight excluding hydrogens is 222 g/mol. The molecule has 2 unspecified atom stereocenters. The van der Waals surface area contributed by atoms with Crippen LogP contribution in [0.15, 0.2) is 0 Å². The molecule has 0 saturated carbocycles. The number of carbonyl (C=O) groups excluding carboxylic acids is 1. The predicted octanol–water partition coefficient (Wildman–Crippen LogP) is -0.162. The second-order valence-corrected chi connectivity index (χ2v) is 4.05. The molecule has 1 saturated heterocycles. The monoisotopic (exact) mass is 239 g/mol. The topological polar surface area (TPSA) is 81.8 Å². The lowest BCUT2D eigenvalue weighted by Gasteiger charge is -2.24. The highest BCUT2D eigenvalue weighted by Crippen LogP contribution is 2.13. The molecule has 5 nitrogen and oxygen atoms in total. The van der Waals surface area contributed by atoms with Crippen molar-refractivity contribution in [3.8, 4) is 0 Å². The van der Waals surface area contributed by atoms with E-state index in [9.17, 15) is 9.90 Å². The van der Waals surface area contributed by atoms with Crippen LogP contribution in [0.1, 0.15) is 20.3 Å². The molecule has 0 amide bonds. The SMILES string of the molecule is CC(C)(O)C(N)C(=O)OC1CCOC1.Cl. The van der Waals surface area contributed by atoms with Crippen LogP contribution >= 0.6 is 12.4 Å². The summed E-state index contributed by atoms with van der Waals surface area (Å²) in [6.07, 6.45) is 0.487. The molecular formula is C9H18ClNO4. The first kappa shape index (κ1) is 14.6. The lowest BCUT2D eigenvalue weighted by molar-refractivity contribution is -0.156. The van der Waals surface area contributed by atoms with Crippen LogP contribution in [0.5, 0.6) is 0 Å². The first-order chi connectivity index (χ1) is 6.41. The predicted molar refractivity (Wildman–Crippen MR) is 56.8 cm³/mol. The molecule has 15 heavy (non-hydrogen) atoms. The zero-order chi connectivity index (χ0) is 10.8. The standard InChI is InChI=1S/C9H17NO4.ClH/c1-9(2,12)7(10)8(11)14-6-3-4-13-5-6;/h6-7,12H,3-5,10H2,1-2H3;1H. The Balaban J connectivity index is 0.00000196. The molecule has 1 aliphatic rings. The fourth-order valence-electron chi connectivity index (χ4n) is 1.13. The zero-order valence-electron chi connectivity index (χ0n) is 8.93. The first-order valence-electron chi connectivity index (χ1n) is 4.67. The molecule has 2 atom stereocenters. The minimum atomic E-state index is -1.25. The van der Waals surface area contributed by atoms with Crippen LogP contribution < -0.4 is 5.73 Å². The van der Waals surface area contributed by atoms with Gasteiger partial charge in [0, 0.05) is 6.42 Å². The fourth-order valence-corrected chi connectivity index (χ4v) is 1.13. The third-order valence-electron chi connectivity index (χ3n) is 2.19. The van der Waals surface area contributed by atoms with Crippen molar-refractivity contribution in [3.63, 3.8) is 0 Å². The Morgan fingerprint density at radius 2 is 2.27 bits per heavy atom. The fraction of sp³-hybridized carbons (Fsp3) is 0.889. The van der Waals surface area contributed by atoms with Crippen LogP contribution in [0.3, 0.4) is 0 Å². The van der Waals surface area contributed by atoms with Gasteiger partial charge in [-0.2, -0.15) is 0 Å². The maximum atomic E-state index is 11.4. The average Bonchev–Trinajstić information content (AvgIpc) is 2.53. The third kappa shape index (κ3) is 4.34. The summed E-state index contributed by atoms with van der Waals surface area (Å²) in [5.74, 6) is -0.576. The maximum Gasteiger partial charge on any atom is 0.326 e. The van der Waals surface area contributed by atoms with E-state index in [0.717, 1.165) is 0 Å². The van der Waals surface area contributed by atoms with Crippen molar-refractivity contribution < 1.29 is 19.4 Å². The van der Waals surface area contributed by atoms with Gasteiger partial charge >= 0.3 is 5.97 Å². The summed E-state index contributed by atoms with van der Waals surface area (Å²) in [6, 6.07) is -1.01. The van der Waals surface area contributed by atoms with Crippen LogP contribution in [0.25, 0.3) is 0 Å². The molecule has 6 heteroatoms. The van der Waals surface area contributed by atoms with E-state index in [-0.39, 0.29) is 18.5 Å². The van der Waals surface area contributed by atoms with Crippen molar-refractivity contribution in [2.45, 2.75) is 38.0 Å². The quantitative estimate of drug-likeness (QED) is 0.669. The van der Waals surface area contributed by atoms with Gasteiger partial charge in [0.1, 0.15) is 12.1 Å². The Morgan fingerprint density at radius 3 is 2.67 bits per heavy atom. The molecule has 0 aromatic rings. The molecule has 0 aromatic carbocycles. The minimum Gasteiger partial charge on any atom is -0.459 e. The summed E-state index contributed by atoms with van der Waals surface area (Å²) in [4.78, 5) is 11.4. The molecule has 90 valence electrons. The number of hydrogen-bond acceptors (Lipinski definition) is 5. The summed E-state index contributed by atoms with van der Waals surface area (Å²) in [5.41, 5.74) is 4.25. The van der Waals surface area contributed by atoms with Crippen molar-refractivity contribution in [2.75, 3.05) is 13.2 Å². The summed E-state index contributed by atoms with van der Waals surface area (Å²) in [5, 5.41) is 9.47. The number of halogens is 1. The molecule has 1 fully saturated rings. The van der Waals surface area contributed by atoms with Crippen LogP contribution in [0.4, 0.5) is 0 Å². The first-order valence-corrected chi connectivity index (χ1v) is 4.67. The van der Waals surface area contributed by atoms with Crippen LogP contribution in [0.2, 0.25) is 0 Å². The molecule has 1 aliphatic heterocycles. The molecule has 0 radical (unpaired) electrons. The van der Waals surface area contributed by atoms with E-state index in [2.05, 4.69) is 0 Å². The Kier molecular flexibility index (Phi) is 5.51. The Labute approximate surface area is 95.3 Å². The maximum absolute atomic E-state index is 11.4. The molecule has 0 aromatic heterocycles. The number of esters is 1. The highest BCUT2D eigenvalue weighted by Gasteiger charge is 2.33. The number of rotatable bonds is 3. The van der Waals surface area contributed by atoms with Crippen molar-refractivity contribution in [1.29, 1.82) is 0 Å². The summed E-state index contributed by atoms with van der Waals surface area (Å²) >= 11 is 0. The summed E-state index contributed by atoms with van der Waals surface area (Å²) in [7, 11) is 0. The van der Waals surface area contributed by atoms with E-state index in [1.165, 1.54) is 13.8 Å². The van der Waals surface area contributed by atoms with Gasteiger partial charge < -0.3 is 20.3 Å². The number of ether oxygens (including phenoxy) is 2. The van der Waals surface area contributed by atoms with Gasteiger partial charge in [-0.15, -0.1) is 12.4 Å². The van der Waals surface area contributed by atoms with Crippen LogP contribution in [-0.2, 0) is 14.3 Å². The minimum absolute atomic E-state index is 0.